The summed E-state index contributed by atoms with van der Waals surface area (Å²) in [5, 5.41) is 8.06. The first-order valence-corrected chi connectivity index (χ1v) is 12.6. The van der Waals surface area contributed by atoms with Gasteiger partial charge in [-0.3, -0.25) is 9.59 Å². The van der Waals surface area contributed by atoms with E-state index in [4.69, 9.17) is 21.4 Å². The molecule has 1 amide bonds. The van der Waals surface area contributed by atoms with Gasteiger partial charge >= 0.3 is 0 Å². The number of piperidine rings is 1. The number of aromatic nitrogens is 2. The van der Waals surface area contributed by atoms with Gasteiger partial charge in [0.15, 0.2) is 6.10 Å². The Morgan fingerprint density at radius 3 is 2.79 bits per heavy atom. The summed E-state index contributed by atoms with van der Waals surface area (Å²) in [6, 6.07) is 11.2. The number of likely N-dealkylation sites (tertiary alicyclic amines) is 1. The second-order valence-corrected chi connectivity index (χ2v) is 10.0. The molecule has 1 fully saturated rings. The van der Waals surface area contributed by atoms with Gasteiger partial charge in [0.2, 0.25) is 5.91 Å². The molecule has 2 aliphatic rings. The van der Waals surface area contributed by atoms with E-state index in [1.807, 2.05) is 34.5 Å². The van der Waals surface area contributed by atoms with Crippen molar-refractivity contribution in [1.29, 1.82) is 0 Å². The molecule has 7 nitrogen and oxygen atoms in total. The molecule has 0 bridgehead atoms. The van der Waals surface area contributed by atoms with E-state index in [2.05, 4.69) is 5.16 Å². The third-order valence-electron chi connectivity index (χ3n) is 6.45. The van der Waals surface area contributed by atoms with Crippen LogP contribution in [0.1, 0.15) is 53.1 Å². The number of hydrogen-bond donors (Lipinski definition) is 0. The largest absolute Gasteiger partial charge is 0.387 e. The third-order valence-corrected chi connectivity index (χ3v) is 7.80. The fourth-order valence-corrected chi connectivity index (χ4v) is 5.70. The predicted molar refractivity (Wildman–Crippen MR) is 133 cm³/mol. The van der Waals surface area contributed by atoms with Gasteiger partial charge in [-0.25, -0.2) is 4.98 Å². The minimum Gasteiger partial charge on any atom is -0.387 e. The number of halogens is 1. The van der Waals surface area contributed by atoms with Crippen molar-refractivity contribution >= 4 is 34.6 Å². The molecular formula is C25H25ClN4O3S. The molecule has 2 aliphatic heterocycles. The van der Waals surface area contributed by atoms with Gasteiger partial charge in [0, 0.05) is 53.2 Å². The molecular weight excluding hydrogens is 472 g/mol. The van der Waals surface area contributed by atoms with Crippen LogP contribution in [0.15, 0.2) is 57.9 Å². The number of nitrogens with zero attached hydrogens (tertiary/aromatic N) is 4. The van der Waals surface area contributed by atoms with Crippen LogP contribution in [0.4, 0.5) is 0 Å². The zero-order chi connectivity index (χ0) is 23.7. The number of carbonyl (C=O) groups is 1. The van der Waals surface area contributed by atoms with E-state index < -0.39 is 0 Å². The Balaban J connectivity index is 1.17. The Kier molecular flexibility index (Phi) is 6.52. The molecule has 3 aromatic rings. The Hall–Kier alpha value is -2.97. The van der Waals surface area contributed by atoms with Crippen molar-refractivity contribution in [3.05, 3.63) is 85.2 Å². The number of hydrogen-bond acceptors (Lipinski definition) is 6. The summed E-state index contributed by atoms with van der Waals surface area (Å²) in [4.78, 5) is 37.3. The normalized spacial score (nSPS) is 18.6. The maximum atomic E-state index is 12.7. The number of aryl methyl sites for hydroxylation is 1. The van der Waals surface area contributed by atoms with E-state index in [0.29, 0.717) is 36.0 Å². The van der Waals surface area contributed by atoms with Gasteiger partial charge in [-0.2, -0.15) is 0 Å². The SMILES string of the molecule is Cc1cccn(CC(=O)N2CCC(c3nc(C4=NOC(c5ccccc5Cl)C4)cs3)CC2)c1=O. The molecule has 0 aliphatic carbocycles. The summed E-state index contributed by atoms with van der Waals surface area (Å²) in [6.45, 7) is 3.17. The van der Waals surface area contributed by atoms with Crippen LogP contribution in [0.25, 0.3) is 0 Å². The molecule has 9 heteroatoms. The van der Waals surface area contributed by atoms with E-state index in [9.17, 15) is 9.59 Å². The molecule has 1 unspecified atom stereocenters. The summed E-state index contributed by atoms with van der Waals surface area (Å²) >= 11 is 7.94. The van der Waals surface area contributed by atoms with Crippen LogP contribution in [0.2, 0.25) is 5.02 Å². The van der Waals surface area contributed by atoms with Crippen molar-refractivity contribution in [2.75, 3.05) is 13.1 Å². The number of rotatable bonds is 5. The standard InChI is InChI=1S/C25H25ClN4O3S/c1-16-5-4-10-30(25(16)32)14-23(31)29-11-8-17(9-12-29)24-27-21(15-34-24)20-13-22(33-28-20)18-6-2-3-7-19(18)26/h2-7,10,15,17,22H,8-9,11-14H2,1H3. The van der Waals surface area contributed by atoms with Crippen molar-refractivity contribution in [3.63, 3.8) is 0 Å². The van der Waals surface area contributed by atoms with Crippen molar-refractivity contribution < 1.29 is 9.63 Å². The number of thiazole rings is 1. The van der Waals surface area contributed by atoms with Gasteiger partial charge in [-0.1, -0.05) is 41.0 Å². The first-order valence-electron chi connectivity index (χ1n) is 11.4. The van der Waals surface area contributed by atoms with Crippen molar-refractivity contribution in [3.8, 4) is 0 Å². The van der Waals surface area contributed by atoms with Crippen LogP contribution < -0.4 is 5.56 Å². The number of pyridine rings is 1. The minimum absolute atomic E-state index is 0.0194. The molecule has 0 N–H and O–H groups in total. The lowest BCUT2D eigenvalue weighted by molar-refractivity contribution is -0.132. The molecule has 176 valence electrons. The summed E-state index contributed by atoms with van der Waals surface area (Å²) in [7, 11) is 0. The smallest absolute Gasteiger partial charge is 0.253 e. The molecule has 5 rings (SSSR count). The van der Waals surface area contributed by atoms with Crippen LogP contribution in [-0.2, 0) is 16.2 Å². The van der Waals surface area contributed by atoms with Crippen molar-refractivity contribution in [1.82, 2.24) is 14.5 Å². The van der Waals surface area contributed by atoms with E-state index in [1.54, 1.807) is 36.6 Å². The lowest BCUT2D eigenvalue weighted by atomic mass is 9.97. The highest BCUT2D eigenvalue weighted by Gasteiger charge is 2.29. The zero-order valence-electron chi connectivity index (χ0n) is 18.8. The minimum atomic E-state index is -0.191. The van der Waals surface area contributed by atoms with Crippen molar-refractivity contribution in [2.45, 2.75) is 44.8 Å². The van der Waals surface area contributed by atoms with Gasteiger partial charge in [0.05, 0.1) is 10.7 Å². The Morgan fingerprint density at radius 1 is 1.21 bits per heavy atom. The van der Waals surface area contributed by atoms with Crippen LogP contribution in [0, 0.1) is 6.92 Å². The van der Waals surface area contributed by atoms with Gasteiger partial charge in [-0.15, -0.1) is 11.3 Å². The summed E-state index contributed by atoms with van der Waals surface area (Å²) in [5.41, 5.74) is 3.15. The molecule has 4 heterocycles. The first kappa shape index (κ1) is 22.8. The van der Waals surface area contributed by atoms with Crippen LogP contribution in [0.3, 0.4) is 0 Å². The predicted octanol–water partition coefficient (Wildman–Crippen LogP) is 4.54. The molecule has 1 atom stereocenters. The molecule has 34 heavy (non-hydrogen) atoms. The second-order valence-electron chi connectivity index (χ2n) is 8.71. The van der Waals surface area contributed by atoms with E-state index in [1.165, 1.54) is 4.57 Å². The maximum absolute atomic E-state index is 12.7. The van der Waals surface area contributed by atoms with Crippen LogP contribution >= 0.6 is 22.9 Å². The van der Waals surface area contributed by atoms with Gasteiger partial charge < -0.3 is 14.3 Å². The number of amides is 1. The fraction of sp³-hybridized carbons (Fsp3) is 0.360. The first-order chi connectivity index (χ1) is 16.5. The highest BCUT2D eigenvalue weighted by Crippen LogP contribution is 2.35. The highest BCUT2D eigenvalue weighted by atomic mass is 35.5. The Morgan fingerprint density at radius 2 is 2.00 bits per heavy atom. The fourth-order valence-electron chi connectivity index (χ4n) is 4.44. The summed E-state index contributed by atoms with van der Waals surface area (Å²) in [6.07, 6.45) is 3.82. The number of carbonyl (C=O) groups excluding carboxylic acids is 1. The van der Waals surface area contributed by atoms with Gasteiger partial charge in [-0.05, 0) is 31.9 Å². The monoisotopic (exact) mass is 496 g/mol. The third kappa shape index (κ3) is 4.65. The molecule has 1 aromatic carbocycles. The van der Waals surface area contributed by atoms with Crippen molar-refractivity contribution in [2.24, 2.45) is 5.16 Å². The molecule has 1 saturated heterocycles. The highest BCUT2D eigenvalue weighted by molar-refractivity contribution is 7.10. The maximum Gasteiger partial charge on any atom is 0.253 e. The van der Waals surface area contributed by atoms with Gasteiger partial charge in [0.25, 0.3) is 5.56 Å². The lowest BCUT2D eigenvalue weighted by Crippen LogP contribution is -2.41. The molecule has 0 saturated carbocycles. The summed E-state index contributed by atoms with van der Waals surface area (Å²) in [5.74, 6) is 0.292. The Bertz CT molecular complexity index is 1290. The number of benzene rings is 1. The Labute approximate surface area is 206 Å². The topological polar surface area (TPSA) is 76.8 Å². The van der Waals surface area contributed by atoms with Crippen LogP contribution in [0.5, 0.6) is 0 Å². The van der Waals surface area contributed by atoms with Crippen LogP contribution in [-0.4, -0.2) is 39.2 Å². The molecule has 2 aromatic heterocycles. The van der Waals surface area contributed by atoms with E-state index in [-0.39, 0.29) is 24.1 Å². The number of oxime groups is 1. The second kappa shape index (κ2) is 9.72. The lowest BCUT2D eigenvalue weighted by Gasteiger charge is -2.31. The average Bonchev–Trinajstić information content (AvgIpc) is 3.53. The molecule has 0 radical (unpaired) electrons. The summed E-state index contributed by atoms with van der Waals surface area (Å²) < 4.78 is 1.48. The average molecular weight is 497 g/mol. The van der Waals surface area contributed by atoms with Gasteiger partial charge in [0.1, 0.15) is 12.3 Å². The van der Waals surface area contributed by atoms with E-state index in [0.717, 1.165) is 34.8 Å². The quantitative estimate of drug-likeness (QED) is 0.519. The molecule has 0 spiro atoms. The van der Waals surface area contributed by atoms with E-state index >= 15 is 0 Å². The zero-order valence-corrected chi connectivity index (χ0v) is 20.4.